The monoisotopic (exact) mass is 220 g/mol. The maximum atomic E-state index is 11.3. The van der Waals surface area contributed by atoms with Crippen molar-refractivity contribution in [1.29, 1.82) is 0 Å². The van der Waals surface area contributed by atoms with Crippen LogP contribution in [0.25, 0.3) is 0 Å². The van der Waals surface area contributed by atoms with E-state index in [0.29, 0.717) is 0 Å². The zero-order valence-electron chi connectivity index (χ0n) is 8.97. The quantitative estimate of drug-likeness (QED) is 0.595. The van der Waals surface area contributed by atoms with Gasteiger partial charge in [-0.25, -0.2) is 4.79 Å². The van der Waals surface area contributed by atoms with Crippen LogP contribution in [0.15, 0.2) is 0 Å². The number of ether oxygens (including phenoxy) is 3. The summed E-state index contributed by atoms with van der Waals surface area (Å²) in [4.78, 5) is 11.3. The Balaban J connectivity index is 2.79. The van der Waals surface area contributed by atoms with Gasteiger partial charge in [-0.3, -0.25) is 0 Å². The molecule has 1 rings (SSSR count). The van der Waals surface area contributed by atoms with Gasteiger partial charge in [0.25, 0.3) is 0 Å². The first kappa shape index (κ1) is 12.4. The van der Waals surface area contributed by atoms with Crippen LogP contribution in [0.1, 0.15) is 13.8 Å². The maximum absolute atomic E-state index is 11.3. The molecule has 1 saturated heterocycles. The Morgan fingerprint density at radius 1 is 1.53 bits per heavy atom. The summed E-state index contributed by atoms with van der Waals surface area (Å²) in [5, 5.41) is 18.2. The minimum Gasteiger partial charge on any atom is -0.467 e. The molecule has 0 radical (unpaired) electrons. The van der Waals surface area contributed by atoms with E-state index in [9.17, 15) is 9.90 Å². The molecule has 0 amide bonds. The molecule has 1 aliphatic rings. The lowest BCUT2D eigenvalue weighted by atomic mass is 10.1. The standard InChI is InChI=1S/C9H16O6/c1-9(2)14-6(5(11)4-10)7(15-9)8(12)13-3/h5-7,10-11H,4H2,1-3H3. The summed E-state index contributed by atoms with van der Waals surface area (Å²) in [5.41, 5.74) is 0. The summed E-state index contributed by atoms with van der Waals surface area (Å²) in [7, 11) is 1.22. The van der Waals surface area contributed by atoms with E-state index in [4.69, 9.17) is 14.6 Å². The molecule has 6 nitrogen and oxygen atoms in total. The molecule has 0 aromatic carbocycles. The molecular formula is C9H16O6. The zero-order valence-corrected chi connectivity index (χ0v) is 8.97. The molecule has 3 unspecified atom stereocenters. The normalized spacial score (nSPS) is 31.3. The second kappa shape index (κ2) is 4.44. The first-order chi connectivity index (χ1) is 6.91. The number of hydrogen-bond acceptors (Lipinski definition) is 6. The topological polar surface area (TPSA) is 85.2 Å². The maximum Gasteiger partial charge on any atom is 0.337 e. The van der Waals surface area contributed by atoms with E-state index in [-0.39, 0.29) is 0 Å². The van der Waals surface area contributed by atoms with Crippen LogP contribution in [-0.4, -0.2) is 54.0 Å². The van der Waals surface area contributed by atoms with Gasteiger partial charge in [0.15, 0.2) is 11.9 Å². The third kappa shape index (κ3) is 2.66. The Labute approximate surface area is 87.7 Å². The van der Waals surface area contributed by atoms with Crippen LogP contribution in [0.3, 0.4) is 0 Å². The van der Waals surface area contributed by atoms with Crippen molar-refractivity contribution >= 4 is 5.97 Å². The molecule has 15 heavy (non-hydrogen) atoms. The summed E-state index contributed by atoms with van der Waals surface area (Å²) in [6.07, 6.45) is -3.08. The van der Waals surface area contributed by atoms with E-state index in [1.165, 1.54) is 7.11 Å². The molecule has 0 aromatic rings. The summed E-state index contributed by atoms with van der Waals surface area (Å²) < 4.78 is 15.1. The number of esters is 1. The second-order valence-electron chi connectivity index (χ2n) is 3.79. The Morgan fingerprint density at radius 3 is 2.60 bits per heavy atom. The van der Waals surface area contributed by atoms with E-state index in [1.54, 1.807) is 13.8 Å². The van der Waals surface area contributed by atoms with Crippen molar-refractivity contribution in [2.75, 3.05) is 13.7 Å². The van der Waals surface area contributed by atoms with Gasteiger partial charge in [0.2, 0.25) is 0 Å². The molecule has 1 heterocycles. The van der Waals surface area contributed by atoms with Crippen LogP contribution in [-0.2, 0) is 19.0 Å². The average molecular weight is 220 g/mol. The summed E-state index contributed by atoms with van der Waals surface area (Å²) in [5.74, 6) is -1.60. The minimum atomic E-state index is -1.17. The highest BCUT2D eigenvalue weighted by Gasteiger charge is 2.48. The Kier molecular flexibility index (Phi) is 3.67. The highest BCUT2D eigenvalue weighted by molar-refractivity contribution is 5.75. The molecule has 1 aliphatic heterocycles. The predicted octanol–water partition coefficient (Wildman–Crippen LogP) is -0.967. The van der Waals surface area contributed by atoms with E-state index in [2.05, 4.69) is 4.74 Å². The lowest BCUT2D eigenvalue weighted by Crippen LogP contribution is -2.42. The van der Waals surface area contributed by atoms with Gasteiger partial charge >= 0.3 is 5.97 Å². The molecule has 88 valence electrons. The van der Waals surface area contributed by atoms with Crippen LogP contribution in [0, 0.1) is 0 Å². The van der Waals surface area contributed by atoms with Gasteiger partial charge in [0.05, 0.1) is 13.7 Å². The first-order valence-corrected chi connectivity index (χ1v) is 4.63. The molecule has 0 bridgehead atoms. The Bertz CT molecular complexity index is 239. The van der Waals surface area contributed by atoms with Crippen LogP contribution in [0.5, 0.6) is 0 Å². The van der Waals surface area contributed by atoms with Gasteiger partial charge in [-0.1, -0.05) is 0 Å². The van der Waals surface area contributed by atoms with Gasteiger partial charge in [0.1, 0.15) is 12.2 Å². The van der Waals surface area contributed by atoms with E-state index < -0.39 is 36.7 Å². The van der Waals surface area contributed by atoms with Crippen molar-refractivity contribution in [2.45, 2.75) is 37.9 Å². The van der Waals surface area contributed by atoms with Crippen LogP contribution < -0.4 is 0 Å². The van der Waals surface area contributed by atoms with Gasteiger partial charge in [-0.2, -0.15) is 0 Å². The minimum absolute atomic E-state index is 0.502. The number of hydrogen-bond donors (Lipinski definition) is 2. The smallest absolute Gasteiger partial charge is 0.337 e. The molecule has 0 aromatic heterocycles. The number of rotatable bonds is 3. The Morgan fingerprint density at radius 2 is 2.13 bits per heavy atom. The number of carbonyl (C=O) groups is 1. The number of carbonyl (C=O) groups excluding carboxylic acids is 1. The highest BCUT2D eigenvalue weighted by atomic mass is 16.8. The molecular weight excluding hydrogens is 204 g/mol. The fraction of sp³-hybridized carbons (Fsp3) is 0.889. The van der Waals surface area contributed by atoms with E-state index >= 15 is 0 Å². The third-order valence-electron chi connectivity index (χ3n) is 2.13. The molecule has 2 N–H and O–H groups in total. The lowest BCUT2D eigenvalue weighted by Gasteiger charge is -2.19. The van der Waals surface area contributed by atoms with Gasteiger partial charge < -0.3 is 24.4 Å². The summed E-state index contributed by atoms with van der Waals surface area (Å²) >= 11 is 0. The SMILES string of the molecule is COC(=O)C1OC(C)(C)OC1C(O)CO. The average Bonchev–Trinajstić information content (AvgIpc) is 2.52. The fourth-order valence-electron chi connectivity index (χ4n) is 1.47. The van der Waals surface area contributed by atoms with Crippen LogP contribution >= 0.6 is 0 Å². The van der Waals surface area contributed by atoms with Gasteiger partial charge in [-0.05, 0) is 13.8 Å². The number of aliphatic hydroxyl groups excluding tert-OH is 2. The van der Waals surface area contributed by atoms with E-state index in [1.807, 2.05) is 0 Å². The van der Waals surface area contributed by atoms with Crippen LogP contribution in [0.2, 0.25) is 0 Å². The third-order valence-corrected chi connectivity index (χ3v) is 2.13. The van der Waals surface area contributed by atoms with Crippen molar-refractivity contribution in [3.05, 3.63) is 0 Å². The fourth-order valence-corrected chi connectivity index (χ4v) is 1.47. The molecule has 0 saturated carbocycles. The molecule has 3 atom stereocenters. The van der Waals surface area contributed by atoms with Crippen molar-refractivity contribution in [2.24, 2.45) is 0 Å². The number of methoxy groups -OCH3 is 1. The highest BCUT2D eigenvalue weighted by Crippen LogP contribution is 2.30. The van der Waals surface area contributed by atoms with Crippen LogP contribution in [0.4, 0.5) is 0 Å². The van der Waals surface area contributed by atoms with Crippen molar-refractivity contribution < 1.29 is 29.2 Å². The van der Waals surface area contributed by atoms with Gasteiger partial charge in [0, 0.05) is 0 Å². The number of aliphatic hydroxyl groups is 2. The first-order valence-electron chi connectivity index (χ1n) is 4.63. The van der Waals surface area contributed by atoms with Crippen molar-refractivity contribution in [3.8, 4) is 0 Å². The van der Waals surface area contributed by atoms with Gasteiger partial charge in [-0.15, -0.1) is 0 Å². The van der Waals surface area contributed by atoms with Crippen molar-refractivity contribution in [1.82, 2.24) is 0 Å². The Hall–Kier alpha value is -0.690. The molecule has 0 aliphatic carbocycles. The molecule has 1 fully saturated rings. The largest absolute Gasteiger partial charge is 0.467 e. The second-order valence-corrected chi connectivity index (χ2v) is 3.79. The zero-order chi connectivity index (χ0) is 11.6. The van der Waals surface area contributed by atoms with E-state index in [0.717, 1.165) is 0 Å². The van der Waals surface area contributed by atoms with Crippen molar-refractivity contribution in [3.63, 3.8) is 0 Å². The lowest BCUT2D eigenvalue weighted by molar-refractivity contribution is -0.169. The summed E-state index contributed by atoms with van der Waals surface area (Å²) in [6, 6.07) is 0. The molecule has 0 spiro atoms. The predicted molar refractivity (Wildman–Crippen MR) is 48.9 cm³/mol. The summed E-state index contributed by atoms with van der Waals surface area (Å²) in [6.45, 7) is 2.73. The molecule has 6 heteroatoms.